The predicted molar refractivity (Wildman–Crippen MR) is 65.0 cm³/mol. The number of halogens is 1. The zero-order chi connectivity index (χ0) is 11.5. The normalized spacial score (nSPS) is 10.1. The van der Waals surface area contributed by atoms with Gasteiger partial charge in [-0.25, -0.2) is 0 Å². The average molecular weight is 236 g/mol. The molecule has 0 saturated carbocycles. The molecular formula is C11H10ClN3O. The number of nitrogens with one attached hydrogen (secondary N) is 1. The molecule has 2 aromatic rings. The number of aromatic hydroxyl groups is 1. The van der Waals surface area contributed by atoms with Crippen molar-refractivity contribution in [3.8, 4) is 5.88 Å². The maximum Gasteiger partial charge on any atom is 0.212 e. The van der Waals surface area contributed by atoms with Gasteiger partial charge in [-0.1, -0.05) is 23.7 Å². The summed E-state index contributed by atoms with van der Waals surface area (Å²) in [4.78, 5) is 3.87. The lowest BCUT2D eigenvalue weighted by atomic mass is 10.3. The van der Waals surface area contributed by atoms with Gasteiger partial charge in [0, 0.05) is 6.07 Å². The summed E-state index contributed by atoms with van der Waals surface area (Å²) in [6.45, 7) is 0. The summed E-state index contributed by atoms with van der Waals surface area (Å²) in [5.74, 6) is 0.289. The molecule has 16 heavy (non-hydrogen) atoms. The van der Waals surface area contributed by atoms with Crippen LogP contribution in [0.3, 0.4) is 0 Å². The molecule has 4 nitrogen and oxygen atoms in total. The van der Waals surface area contributed by atoms with Crippen LogP contribution in [0.15, 0.2) is 36.4 Å². The quantitative estimate of drug-likeness (QED) is 0.749. The lowest BCUT2D eigenvalue weighted by molar-refractivity contribution is 0.454. The minimum Gasteiger partial charge on any atom is -0.493 e. The Kier molecular flexibility index (Phi) is 2.83. The van der Waals surface area contributed by atoms with Crippen LogP contribution in [0.1, 0.15) is 0 Å². The Morgan fingerprint density at radius 2 is 1.94 bits per heavy atom. The summed E-state index contributed by atoms with van der Waals surface area (Å²) in [7, 11) is 0. The summed E-state index contributed by atoms with van der Waals surface area (Å²) in [6, 6.07) is 10.2. The molecular weight excluding hydrogens is 226 g/mol. The molecule has 5 heteroatoms. The number of hydrogen-bond acceptors (Lipinski definition) is 4. The molecule has 0 amide bonds. The second kappa shape index (κ2) is 4.28. The molecule has 0 aliphatic rings. The first-order valence-corrected chi connectivity index (χ1v) is 5.01. The molecule has 1 heterocycles. The highest BCUT2D eigenvalue weighted by atomic mass is 35.5. The number of aromatic nitrogens is 1. The number of nitrogen functional groups attached to an aromatic ring is 1. The Balaban J connectivity index is 2.34. The summed E-state index contributed by atoms with van der Waals surface area (Å²) in [5, 5.41) is 12.8. The van der Waals surface area contributed by atoms with Gasteiger partial charge in [0.25, 0.3) is 0 Å². The fourth-order valence-corrected chi connectivity index (χ4v) is 1.43. The topological polar surface area (TPSA) is 71.2 Å². The standard InChI is InChI=1S/C11H10ClN3O/c12-7-3-1-2-4-9(7)14-11-8(13)5-6-10(16)15-11/h1-6H,13H2,(H2,14,15,16). The minimum absolute atomic E-state index is 0.0937. The van der Waals surface area contributed by atoms with E-state index in [1.807, 2.05) is 12.1 Å². The van der Waals surface area contributed by atoms with E-state index in [-0.39, 0.29) is 5.88 Å². The second-order valence-electron chi connectivity index (χ2n) is 3.21. The number of hydrogen-bond donors (Lipinski definition) is 3. The van der Waals surface area contributed by atoms with E-state index in [0.717, 1.165) is 0 Å². The number of anilines is 3. The Hall–Kier alpha value is -1.94. The fourth-order valence-electron chi connectivity index (χ4n) is 1.25. The highest BCUT2D eigenvalue weighted by Gasteiger charge is 2.04. The van der Waals surface area contributed by atoms with Gasteiger partial charge in [0.2, 0.25) is 5.88 Å². The van der Waals surface area contributed by atoms with Crippen LogP contribution < -0.4 is 11.1 Å². The molecule has 0 spiro atoms. The van der Waals surface area contributed by atoms with Gasteiger partial charge in [0.15, 0.2) is 5.82 Å². The predicted octanol–water partition coefficient (Wildman–Crippen LogP) is 2.77. The SMILES string of the molecule is Nc1ccc(O)nc1Nc1ccccc1Cl. The van der Waals surface area contributed by atoms with Crippen molar-refractivity contribution >= 4 is 28.8 Å². The monoisotopic (exact) mass is 235 g/mol. The second-order valence-corrected chi connectivity index (χ2v) is 3.62. The molecule has 0 bridgehead atoms. The van der Waals surface area contributed by atoms with Crippen molar-refractivity contribution in [2.75, 3.05) is 11.1 Å². The van der Waals surface area contributed by atoms with Crippen LogP contribution in [0.4, 0.5) is 17.2 Å². The van der Waals surface area contributed by atoms with Gasteiger partial charge in [-0.15, -0.1) is 0 Å². The van der Waals surface area contributed by atoms with E-state index in [1.165, 1.54) is 6.07 Å². The van der Waals surface area contributed by atoms with Crippen molar-refractivity contribution in [2.45, 2.75) is 0 Å². The van der Waals surface area contributed by atoms with Crippen molar-refractivity contribution in [3.63, 3.8) is 0 Å². The average Bonchev–Trinajstić information content (AvgIpc) is 2.27. The molecule has 0 saturated heterocycles. The molecule has 82 valence electrons. The van der Waals surface area contributed by atoms with E-state index in [4.69, 9.17) is 17.3 Å². The largest absolute Gasteiger partial charge is 0.493 e. The zero-order valence-electron chi connectivity index (χ0n) is 8.31. The van der Waals surface area contributed by atoms with Crippen LogP contribution in [0.2, 0.25) is 5.02 Å². The van der Waals surface area contributed by atoms with Crippen LogP contribution in [0.25, 0.3) is 0 Å². The number of nitrogens with two attached hydrogens (primary N) is 1. The Labute approximate surface area is 97.7 Å². The lowest BCUT2D eigenvalue weighted by Gasteiger charge is -2.09. The molecule has 0 atom stereocenters. The number of benzene rings is 1. The van der Waals surface area contributed by atoms with Crippen molar-refractivity contribution in [1.29, 1.82) is 0 Å². The van der Waals surface area contributed by atoms with Crippen LogP contribution in [0, 0.1) is 0 Å². The molecule has 0 fully saturated rings. The Morgan fingerprint density at radius 3 is 2.69 bits per heavy atom. The van der Waals surface area contributed by atoms with E-state index < -0.39 is 0 Å². The molecule has 0 radical (unpaired) electrons. The summed E-state index contributed by atoms with van der Waals surface area (Å²) in [6.07, 6.45) is 0. The first-order valence-electron chi connectivity index (χ1n) is 4.64. The van der Waals surface area contributed by atoms with Gasteiger partial charge >= 0.3 is 0 Å². The number of para-hydroxylation sites is 1. The van der Waals surface area contributed by atoms with Crippen molar-refractivity contribution in [3.05, 3.63) is 41.4 Å². The summed E-state index contributed by atoms with van der Waals surface area (Å²) in [5.41, 5.74) is 6.84. The molecule has 0 aliphatic carbocycles. The van der Waals surface area contributed by atoms with Crippen LogP contribution in [-0.4, -0.2) is 10.1 Å². The van der Waals surface area contributed by atoms with E-state index in [9.17, 15) is 5.11 Å². The van der Waals surface area contributed by atoms with Gasteiger partial charge in [-0.3, -0.25) is 0 Å². The highest BCUT2D eigenvalue weighted by molar-refractivity contribution is 6.33. The third-order valence-corrected chi connectivity index (χ3v) is 2.37. The van der Waals surface area contributed by atoms with Crippen LogP contribution >= 0.6 is 11.6 Å². The maximum atomic E-state index is 9.25. The number of nitrogens with zero attached hydrogens (tertiary/aromatic N) is 1. The van der Waals surface area contributed by atoms with Crippen LogP contribution in [0.5, 0.6) is 5.88 Å². The Morgan fingerprint density at radius 1 is 1.19 bits per heavy atom. The minimum atomic E-state index is -0.0937. The van der Waals surface area contributed by atoms with E-state index in [2.05, 4.69) is 10.3 Å². The third kappa shape index (κ3) is 2.17. The number of pyridine rings is 1. The smallest absolute Gasteiger partial charge is 0.212 e. The molecule has 2 rings (SSSR count). The molecule has 0 aliphatic heterocycles. The maximum absolute atomic E-state index is 9.25. The van der Waals surface area contributed by atoms with Crippen molar-refractivity contribution in [2.24, 2.45) is 0 Å². The van der Waals surface area contributed by atoms with Gasteiger partial charge in [-0.2, -0.15) is 4.98 Å². The first kappa shape index (κ1) is 10.6. The summed E-state index contributed by atoms with van der Waals surface area (Å²) >= 11 is 5.97. The van der Waals surface area contributed by atoms with Crippen molar-refractivity contribution in [1.82, 2.24) is 4.98 Å². The number of rotatable bonds is 2. The van der Waals surface area contributed by atoms with Crippen molar-refractivity contribution < 1.29 is 5.11 Å². The lowest BCUT2D eigenvalue weighted by Crippen LogP contribution is -1.99. The van der Waals surface area contributed by atoms with Gasteiger partial charge in [-0.05, 0) is 18.2 Å². The summed E-state index contributed by atoms with van der Waals surface area (Å²) < 4.78 is 0. The van der Waals surface area contributed by atoms with E-state index in [0.29, 0.717) is 22.2 Å². The molecule has 0 unspecified atom stereocenters. The van der Waals surface area contributed by atoms with Crippen LogP contribution in [-0.2, 0) is 0 Å². The van der Waals surface area contributed by atoms with Gasteiger partial charge < -0.3 is 16.2 Å². The molecule has 1 aromatic heterocycles. The Bertz CT molecular complexity index is 516. The molecule has 1 aromatic carbocycles. The first-order chi connectivity index (χ1) is 7.66. The van der Waals surface area contributed by atoms with E-state index in [1.54, 1.807) is 18.2 Å². The zero-order valence-corrected chi connectivity index (χ0v) is 9.07. The van der Waals surface area contributed by atoms with Gasteiger partial charge in [0.05, 0.1) is 16.4 Å². The molecule has 4 N–H and O–H groups in total. The fraction of sp³-hybridized carbons (Fsp3) is 0. The third-order valence-electron chi connectivity index (χ3n) is 2.04. The van der Waals surface area contributed by atoms with E-state index >= 15 is 0 Å². The highest BCUT2D eigenvalue weighted by Crippen LogP contribution is 2.27. The van der Waals surface area contributed by atoms with Gasteiger partial charge in [0.1, 0.15) is 0 Å².